The molecule has 1 atom stereocenters. The fourth-order valence-corrected chi connectivity index (χ4v) is 5.65. The molecule has 3 saturated heterocycles. The smallest absolute Gasteiger partial charge is 0.135 e. The van der Waals surface area contributed by atoms with Crippen molar-refractivity contribution in [1.82, 2.24) is 14.9 Å². The van der Waals surface area contributed by atoms with Gasteiger partial charge < -0.3 is 14.5 Å². The highest BCUT2D eigenvalue weighted by atomic mass is 16.5. The second kappa shape index (κ2) is 6.75. The topological polar surface area (TPSA) is 41.5 Å². The zero-order valence-electron chi connectivity index (χ0n) is 16.2. The van der Waals surface area contributed by atoms with E-state index in [2.05, 4.69) is 16.7 Å². The summed E-state index contributed by atoms with van der Waals surface area (Å²) in [5.41, 5.74) is 3.19. The van der Waals surface area contributed by atoms with Crippen LogP contribution >= 0.6 is 0 Å². The van der Waals surface area contributed by atoms with E-state index < -0.39 is 0 Å². The Kier molecular flexibility index (Phi) is 4.40. The van der Waals surface area contributed by atoms with Gasteiger partial charge in [0.25, 0.3) is 0 Å². The van der Waals surface area contributed by atoms with E-state index in [9.17, 15) is 0 Å². The Hall–Kier alpha value is -1.20. The summed E-state index contributed by atoms with van der Waals surface area (Å²) in [6.07, 6.45) is 10.5. The Labute approximate surface area is 157 Å². The van der Waals surface area contributed by atoms with Crippen LogP contribution < -0.4 is 4.90 Å². The molecule has 0 saturated carbocycles. The molecule has 5 rings (SSSR count). The van der Waals surface area contributed by atoms with Crippen molar-refractivity contribution >= 4 is 5.82 Å². The van der Waals surface area contributed by atoms with Crippen LogP contribution in [0.4, 0.5) is 5.82 Å². The summed E-state index contributed by atoms with van der Waals surface area (Å²) in [5, 5.41) is 0. The molecule has 1 aromatic rings. The summed E-state index contributed by atoms with van der Waals surface area (Å²) in [4.78, 5) is 15.0. The van der Waals surface area contributed by atoms with Crippen molar-refractivity contribution in [3.8, 4) is 0 Å². The first kappa shape index (κ1) is 16.9. The number of hydrogen-bond acceptors (Lipinski definition) is 5. The van der Waals surface area contributed by atoms with E-state index in [1.54, 1.807) is 0 Å². The number of likely N-dealkylation sites (tertiary alicyclic amines) is 1. The van der Waals surface area contributed by atoms with E-state index in [1.807, 2.05) is 0 Å². The van der Waals surface area contributed by atoms with Gasteiger partial charge in [-0.15, -0.1) is 0 Å². The van der Waals surface area contributed by atoms with E-state index in [-0.39, 0.29) is 0 Å². The molecule has 1 aliphatic carbocycles. The maximum absolute atomic E-state index is 5.85. The number of aryl methyl sites for hydroxylation is 1. The molecule has 1 aromatic heterocycles. The number of piperidine rings is 1. The monoisotopic (exact) mass is 356 g/mol. The number of ether oxygens (including phenoxy) is 1. The summed E-state index contributed by atoms with van der Waals surface area (Å²) >= 11 is 0. The lowest BCUT2D eigenvalue weighted by Gasteiger charge is -2.40. The predicted molar refractivity (Wildman–Crippen MR) is 103 cm³/mol. The highest BCUT2D eigenvalue weighted by Crippen LogP contribution is 2.47. The Morgan fingerprint density at radius 3 is 2.58 bits per heavy atom. The van der Waals surface area contributed by atoms with Gasteiger partial charge in [-0.25, -0.2) is 9.97 Å². The number of aromatic nitrogens is 2. The molecule has 0 aromatic carbocycles. The number of anilines is 1. The molecule has 0 radical (unpaired) electrons. The third-order valence-electron chi connectivity index (χ3n) is 7.16. The van der Waals surface area contributed by atoms with Gasteiger partial charge in [-0.3, -0.25) is 0 Å². The van der Waals surface area contributed by atoms with Gasteiger partial charge in [0, 0.05) is 37.2 Å². The number of fused-ring (bicyclic) bond motifs is 2. The van der Waals surface area contributed by atoms with Gasteiger partial charge >= 0.3 is 0 Å². The first-order valence-corrected chi connectivity index (χ1v) is 10.7. The maximum atomic E-state index is 5.85. The molecule has 1 spiro atoms. The molecule has 1 unspecified atom stereocenters. The van der Waals surface area contributed by atoms with Crippen LogP contribution in [0.3, 0.4) is 0 Å². The predicted octanol–water partition coefficient (Wildman–Crippen LogP) is 2.84. The second-order valence-electron chi connectivity index (χ2n) is 8.83. The highest BCUT2D eigenvalue weighted by Gasteiger charge is 2.44. The molecule has 4 heterocycles. The average molecular weight is 357 g/mol. The van der Waals surface area contributed by atoms with Crippen LogP contribution in [0, 0.1) is 6.92 Å². The minimum atomic E-state index is 0.310. The van der Waals surface area contributed by atoms with Crippen LogP contribution in [0.5, 0.6) is 0 Å². The number of hydrogen-bond donors (Lipinski definition) is 0. The first-order valence-electron chi connectivity index (χ1n) is 10.7. The molecule has 0 amide bonds. The summed E-state index contributed by atoms with van der Waals surface area (Å²) in [5.74, 6) is 2.23. The fraction of sp³-hybridized carbons (Fsp3) is 0.810. The van der Waals surface area contributed by atoms with Crippen molar-refractivity contribution in [2.45, 2.75) is 69.8 Å². The largest absolute Gasteiger partial charge is 0.377 e. The molecule has 0 N–H and O–H groups in total. The zero-order chi connectivity index (χ0) is 17.6. The molecule has 3 fully saturated rings. The zero-order valence-corrected chi connectivity index (χ0v) is 16.2. The van der Waals surface area contributed by atoms with E-state index in [4.69, 9.17) is 14.7 Å². The van der Waals surface area contributed by atoms with Gasteiger partial charge in [-0.2, -0.15) is 0 Å². The molecule has 4 aliphatic rings. The maximum Gasteiger partial charge on any atom is 0.135 e. The summed E-state index contributed by atoms with van der Waals surface area (Å²) in [6.45, 7) is 8.91. The lowest BCUT2D eigenvalue weighted by atomic mass is 9.76. The van der Waals surface area contributed by atoms with E-state index in [0.717, 1.165) is 19.0 Å². The minimum absolute atomic E-state index is 0.310. The Morgan fingerprint density at radius 2 is 1.85 bits per heavy atom. The molecule has 5 nitrogen and oxygen atoms in total. The van der Waals surface area contributed by atoms with Crippen molar-refractivity contribution in [1.29, 1.82) is 0 Å². The fourth-order valence-electron chi connectivity index (χ4n) is 5.65. The molecular weight excluding hydrogens is 324 g/mol. The molecule has 3 aliphatic heterocycles. The SMILES string of the molecule is Cc1nc(N2CCCC2)c2c(n1)C1(CC2)CCN(CC2CCCO2)CC1. The van der Waals surface area contributed by atoms with Gasteiger partial charge in [-0.1, -0.05) is 0 Å². The van der Waals surface area contributed by atoms with E-state index in [0.29, 0.717) is 11.5 Å². The molecule has 142 valence electrons. The van der Waals surface area contributed by atoms with Crippen molar-refractivity contribution in [2.24, 2.45) is 0 Å². The third-order valence-corrected chi connectivity index (χ3v) is 7.16. The van der Waals surface area contributed by atoms with Crippen LogP contribution in [-0.4, -0.2) is 60.3 Å². The van der Waals surface area contributed by atoms with Crippen molar-refractivity contribution < 1.29 is 4.74 Å². The lowest BCUT2D eigenvalue weighted by Crippen LogP contribution is -2.44. The van der Waals surface area contributed by atoms with Gasteiger partial charge in [0.2, 0.25) is 0 Å². The van der Waals surface area contributed by atoms with E-state index >= 15 is 0 Å². The van der Waals surface area contributed by atoms with Gasteiger partial charge in [0.05, 0.1) is 11.8 Å². The summed E-state index contributed by atoms with van der Waals surface area (Å²) in [6, 6.07) is 0. The lowest BCUT2D eigenvalue weighted by molar-refractivity contribution is 0.0547. The third kappa shape index (κ3) is 2.93. The van der Waals surface area contributed by atoms with Crippen molar-refractivity contribution in [3.05, 3.63) is 17.1 Å². The van der Waals surface area contributed by atoms with Crippen LogP contribution in [0.2, 0.25) is 0 Å². The Bertz CT molecular complexity index is 656. The summed E-state index contributed by atoms with van der Waals surface area (Å²) in [7, 11) is 0. The molecular formula is C21H32N4O. The van der Waals surface area contributed by atoms with E-state index in [1.165, 1.54) is 94.6 Å². The quantitative estimate of drug-likeness (QED) is 0.833. The van der Waals surface area contributed by atoms with Crippen LogP contribution in [0.25, 0.3) is 0 Å². The minimum Gasteiger partial charge on any atom is -0.377 e. The summed E-state index contributed by atoms with van der Waals surface area (Å²) < 4.78 is 5.85. The van der Waals surface area contributed by atoms with Gasteiger partial charge in [0.15, 0.2) is 0 Å². The van der Waals surface area contributed by atoms with Crippen LogP contribution in [0.15, 0.2) is 0 Å². The van der Waals surface area contributed by atoms with Gasteiger partial charge in [0.1, 0.15) is 11.6 Å². The average Bonchev–Trinajstić information content (AvgIpc) is 3.40. The normalized spacial score (nSPS) is 28.2. The molecule has 5 heteroatoms. The van der Waals surface area contributed by atoms with Crippen molar-refractivity contribution in [2.75, 3.05) is 44.2 Å². The second-order valence-corrected chi connectivity index (χ2v) is 8.83. The van der Waals surface area contributed by atoms with Crippen LogP contribution in [0.1, 0.15) is 62.0 Å². The number of rotatable bonds is 3. The number of nitrogens with zero attached hydrogens (tertiary/aromatic N) is 4. The molecule has 26 heavy (non-hydrogen) atoms. The standard InChI is InChI=1S/C21H32N4O/c1-16-22-19-18(20(23-16)25-10-2-3-11-25)6-7-21(19)8-12-24(13-9-21)15-17-5-4-14-26-17/h17H,2-15H2,1H3. The molecule has 0 bridgehead atoms. The highest BCUT2D eigenvalue weighted by molar-refractivity contribution is 5.54. The Balaban J connectivity index is 1.35. The van der Waals surface area contributed by atoms with Crippen molar-refractivity contribution in [3.63, 3.8) is 0 Å². The Morgan fingerprint density at radius 1 is 1.04 bits per heavy atom. The van der Waals surface area contributed by atoms with Gasteiger partial charge in [-0.05, 0) is 71.4 Å². The van der Waals surface area contributed by atoms with Crippen LogP contribution in [-0.2, 0) is 16.6 Å². The first-order chi connectivity index (χ1) is 12.7.